The van der Waals surface area contributed by atoms with Crippen LogP contribution in [0.1, 0.15) is 46.3 Å². The molecule has 5 heteroatoms. The summed E-state index contributed by atoms with van der Waals surface area (Å²) in [6, 6.07) is 5.53. The highest BCUT2D eigenvalue weighted by Gasteiger charge is 2.33. The smallest absolute Gasteiger partial charge is 0.257 e. The van der Waals surface area contributed by atoms with Crippen LogP contribution in [0.5, 0.6) is 5.75 Å². The molecule has 0 bridgehead atoms. The maximum Gasteiger partial charge on any atom is 0.257 e. The molecule has 3 N–H and O–H groups in total. The summed E-state index contributed by atoms with van der Waals surface area (Å²) in [5.41, 5.74) is 4.26. The van der Waals surface area contributed by atoms with Gasteiger partial charge in [0.15, 0.2) is 5.75 Å². The Morgan fingerprint density at radius 1 is 1.18 bits per heavy atom. The number of phenols is 1. The van der Waals surface area contributed by atoms with E-state index < -0.39 is 0 Å². The summed E-state index contributed by atoms with van der Waals surface area (Å²) < 4.78 is 0. The highest BCUT2D eigenvalue weighted by Crippen LogP contribution is 2.40. The van der Waals surface area contributed by atoms with Crippen LogP contribution in [0, 0.1) is 11.8 Å². The van der Waals surface area contributed by atoms with Crippen LogP contribution in [-0.2, 0) is 0 Å². The van der Waals surface area contributed by atoms with E-state index in [-0.39, 0.29) is 20.1 Å². The number of nitrogens with one attached hydrogen (secondary N) is 2. The molecule has 0 heterocycles. The van der Waals surface area contributed by atoms with Crippen LogP contribution < -0.4 is 10.6 Å². The summed E-state index contributed by atoms with van der Waals surface area (Å²) in [6.07, 6.45) is 3.64. The quantitative estimate of drug-likeness (QED) is 0.640. The molecule has 0 aromatic heterocycles. The van der Waals surface area contributed by atoms with E-state index in [9.17, 15) is 9.90 Å². The van der Waals surface area contributed by atoms with Gasteiger partial charge in [0.25, 0.3) is 5.91 Å². The van der Waals surface area contributed by atoms with Crippen molar-refractivity contribution in [1.82, 2.24) is 10.2 Å². The Balaban J connectivity index is 0.00000225. The molecule has 3 unspecified atom stereocenters. The second-order valence-corrected chi connectivity index (χ2v) is 8.25. The van der Waals surface area contributed by atoms with Gasteiger partial charge in [0.05, 0.1) is 22.6 Å². The Kier molecular flexibility index (Phi) is 5.54. The van der Waals surface area contributed by atoms with Gasteiger partial charge in [-0.15, -0.1) is 0 Å². The summed E-state index contributed by atoms with van der Waals surface area (Å²) >= 11 is 0. The lowest BCUT2D eigenvalue weighted by atomic mass is 9.77. The Hall–Kier alpha value is -2.69. The molecule has 1 aromatic rings. The van der Waals surface area contributed by atoms with Crippen LogP contribution >= 0.6 is 0 Å². The average Bonchev–Trinajstić information content (AvgIpc) is 2.67. The minimum Gasteiger partial charge on any atom is -0.505 e. The molecule has 0 aliphatic heterocycles. The van der Waals surface area contributed by atoms with Gasteiger partial charge in [0.2, 0.25) is 0 Å². The highest BCUT2D eigenvalue weighted by molar-refractivity contribution is 5.98. The number of nitrogens with zero attached hydrogens (tertiary/aromatic N) is 1. The molecule has 1 amide bonds. The van der Waals surface area contributed by atoms with Crippen LogP contribution in [0.4, 0.5) is 5.69 Å². The summed E-state index contributed by atoms with van der Waals surface area (Å²) in [4.78, 5) is 13.7. The van der Waals surface area contributed by atoms with E-state index in [1.54, 1.807) is 32.3 Å². The van der Waals surface area contributed by atoms with Crippen molar-refractivity contribution in [3.05, 3.63) is 59.5 Å². The van der Waals surface area contributed by atoms with Crippen LogP contribution in [0.2, 0.25) is 0 Å². The SMILES string of the molecule is C=C1C(=C)C(NC2CCCC(C)C2C)=C1Nc1cccc(C(=O)N(C)C)c1O.[HH].[HH]. The first-order valence-corrected chi connectivity index (χ1v) is 9.92. The fourth-order valence-corrected chi connectivity index (χ4v) is 4.00. The molecule has 0 radical (unpaired) electrons. The maximum atomic E-state index is 12.3. The third-order valence-electron chi connectivity index (χ3n) is 6.19. The lowest BCUT2D eigenvalue weighted by Crippen LogP contribution is -2.43. The Bertz CT molecular complexity index is 864. The molecule has 0 spiro atoms. The minimum atomic E-state index is -0.240. The molecule has 1 saturated carbocycles. The third kappa shape index (κ3) is 3.53. The number of rotatable bonds is 5. The molecule has 3 rings (SSSR count). The summed E-state index contributed by atoms with van der Waals surface area (Å²) in [5.74, 6) is 0.976. The molecular formula is C23H35N3O2. The zero-order chi connectivity index (χ0) is 20.6. The van der Waals surface area contributed by atoms with Crippen molar-refractivity contribution in [3.8, 4) is 5.75 Å². The number of benzene rings is 1. The Morgan fingerprint density at radius 2 is 1.86 bits per heavy atom. The summed E-state index contributed by atoms with van der Waals surface area (Å²) in [5, 5.41) is 17.5. The molecule has 5 nitrogen and oxygen atoms in total. The van der Waals surface area contributed by atoms with Crippen molar-refractivity contribution >= 4 is 11.6 Å². The standard InChI is InChI=1S/C23H31N3O2.2H2/c1-13-9-7-11-18(14(13)2)24-20-15(3)16(4)21(20)25-19-12-8-10-17(22(19)27)23(28)26(5)6;;/h8,10,12-14,18,24-25,27H,3-4,7,9,11H2,1-2,5-6H3;2*1H. The van der Waals surface area contributed by atoms with Gasteiger partial charge in [-0.25, -0.2) is 0 Å². The van der Waals surface area contributed by atoms with Gasteiger partial charge in [-0.3, -0.25) is 4.79 Å². The van der Waals surface area contributed by atoms with Crippen molar-refractivity contribution < 1.29 is 12.8 Å². The van der Waals surface area contributed by atoms with Gasteiger partial charge in [0.1, 0.15) is 0 Å². The minimum absolute atomic E-state index is 0. The van der Waals surface area contributed by atoms with Crippen LogP contribution in [0.3, 0.4) is 0 Å². The zero-order valence-corrected chi connectivity index (χ0v) is 17.3. The van der Waals surface area contributed by atoms with E-state index in [2.05, 4.69) is 37.6 Å². The second kappa shape index (κ2) is 7.74. The van der Waals surface area contributed by atoms with Gasteiger partial charge in [-0.05, 0) is 30.4 Å². The topological polar surface area (TPSA) is 64.6 Å². The molecule has 0 saturated heterocycles. The molecule has 2 aliphatic rings. The van der Waals surface area contributed by atoms with E-state index in [0.717, 1.165) is 29.0 Å². The van der Waals surface area contributed by atoms with Gasteiger partial charge >= 0.3 is 0 Å². The van der Waals surface area contributed by atoms with Gasteiger partial charge in [0, 0.05) is 34.1 Å². The molecule has 2 aliphatic carbocycles. The molecule has 154 valence electrons. The number of allylic oxidation sites excluding steroid dienone is 2. The zero-order valence-electron chi connectivity index (χ0n) is 17.3. The van der Waals surface area contributed by atoms with Gasteiger partial charge in [-0.2, -0.15) is 0 Å². The molecule has 28 heavy (non-hydrogen) atoms. The number of hydrogen-bond donors (Lipinski definition) is 3. The normalized spacial score (nSPS) is 24.6. The largest absolute Gasteiger partial charge is 0.505 e. The number of para-hydroxylation sites is 1. The highest BCUT2D eigenvalue weighted by atomic mass is 16.3. The van der Waals surface area contributed by atoms with Crippen LogP contribution in [-0.4, -0.2) is 36.1 Å². The fourth-order valence-electron chi connectivity index (χ4n) is 4.00. The first kappa shape index (κ1) is 20.1. The van der Waals surface area contributed by atoms with Gasteiger partial charge < -0.3 is 20.6 Å². The molecule has 3 atom stereocenters. The number of aromatic hydroxyl groups is 1. The lowest BCUT2D eigenvalue weighted by Gasteiger charge is -2.40. The molecule has 1 fully saturated rings. The number of anilines is 1. The van der Waals surface area contributed by atoms with Crippen molar-refractivity contribution in [2.45, 2.75) is 39.2 Å². The first-order chi connectivity index (χ1) is 13.2. The predicted molar refractivity (Wildman–Crippen MR) is 118 cm³/mol. The molecular weight excluding hydrogens is 350 g/mol. The predicted octanol–water partition coefficient (Wildman–Crippen LogP) is 4.75. The summed E-state index contributed by atoms with van der Waals surface area (Å²) in [7, 11) is 3.33. The van der Waals surface area contributed by atoms with Crippen molar-refractivity contribution in [3.63, 3.8) is 0 Å². The van der Waals surface area contributed by atoms with Crippen LogP contribution in [0.15, 0.2) is 53.9 Å². The Labute approximate surface area is 170 Å². The number of carbonyl (C=O) groups excluding carboxylic acids is 1. The van der Waals surface area contributed by atoms with Crippen molar-refractivity contribution in [2.75, 3.05) is 19.4 Å². The van der Waals surface area contributed by atoms with E-state index in [1.807, 2.05) is 0 Å². The second-order valence-electron chi connectivity index (χ2n) is 8.25. The number of hydrogen-bond acceptors (Lipinski definition) is 4. The van der Waals surface area contributed by atoms with E-state index in [4.69, 9.17) is 0 Å². The summed E-state index contributed by atoms with van der Waals surface area (Å²) in [6.45, 7) is 12.8. The van der Waals surface area contributed by atoms with E-state index in [1.165, 1.54) is 17.7 Å². The fraction of sp³-hybridized carbons (Fsp3) is 0.435. The maximum absolute atomic E-state index is 12.3. The third-order valence-corrected chi connectivity index (χ3v) is 6.19. The van der Waals surface area contributed by atoms with E-state index in [0.29, 0.717) is 23.6 Å². The average molecular weight is 386 g/mol. The Morgan fingerprint density at radius 3 is 2.54 bits per heavy atom. The monoisotopic (exact) mass is 385 g/mol. The van der Waals surface area contributed by atoms with Gasteiger partial charge in [-0.1, -0.05) is 45.9 Å². The molecule has 1 aromatic carbocycles. The lowest BCUT2D eigenvalue weighted by molar-refractivity contribution is 0.0824. The van der Waals surface area contributed by atoms with Crippen molar-refractivity contribution in [1.29, 1.82) is 0 Å². The van der Waals surface area contributed by atoms with Crippen LogP contribution in [0.25, 0.3) is 0 Å². The van der Waals surface area contributed by atoms with Crippen molar-refractivity contribution in [2.24, 2.45) is 11.8 Å². The number of amides is 1. The number of carbonyl (C=O) groups is 1. The van der Waals surface area contributed by atoms with E-state index >= 15 is 0 Å². The first-order valence-electron chi connectivity index (χ1n) is 9.92. The number of phenolic OH excluding ortho intramolecular Hbond substituents is 1.